The second-order valence-corrected chi connectivity index (χ2v) is 6.67. The van der Waals surface area contributed by atoms with E-state index < -0.39 is 10.0 Å². The zero-order chi connectivity index (χ0) is 14.2. The molecule has 6 heteroatoms. The van der Waals surface area contributed by atoms with Crippen molar-refractivity contribution in [3.63, 3.8) is 0 Å². The molecule has 0 radical (unpaired) electrons. The van der Waals surface area contributed by atoms with E-state index in [1.807, 2.05) is 13.8 Å². The fourth-order valence-electron chi connectivity index (χ4n) is 2.51. The van der Waals surface area contributed by atoms with Crippen molar-refractivity contribution in [1.29, 1.82) is 0 Å². The molecule has 1 amide bonds. The average Bonchev–Trinajstić information content (AvgIpc) is 2.63. The summed E-state index contributed by atoms with van der Waals surface area (Å²) in [5.74, 6) is -0.129. The molecule has 1 atom stereocenters. The van der Waals surface area contributed by atoms with Crippen LogP contribution in [0.5, 0.6) is 0 Å². The highest BCUT2D eigenvalue weighted by atomic mass is 32.2. The minimum absolute atomic E-state index is 0.102. The van der Waals surface area contributed by atoms with Crippen molar-refractivity contribution in [3.8, 4) is 0 Å². The van der Waals surface area contributed by atoms with Gasteiger partial charge in [-0.3, -0.25) is 9.10 Å². The number of amides is 1. The molecular formula is C13H18N2O3S. The van der Waals surface area contributed by atoms with Gasteiger partial charge in [0.1, 0.15) is 0 Å². The molecule has 1 aromatic carbocycles. The Morgan fingerprint density at radius 3 is 2.74 bits per heavy atom. The van der Waals surface area contributed by atoms with Gasteiger partial charge in [-0.1, -0.05) is 0 Å². The molecule has 1 aliphatic rings. The van der Waals surface area contributed by atoms with E-state index in [-0.39, 0.29) is 11.9 Å². The molecule has 0 fully saturated rings. The maximum Gasteiger partial charge on any atom is 0.251 e. The van der Waals surface area contributed by atoms with Gasteiger partial charge in [-0.15, -0.1) is 0 Å². The number of nitrogens with zero attached hydrogens (tertiary/aromatic N) is 1. The van der Waals surface area contributed by atoms with Crippen LogP contribution < -0.4 is 9.62 Å². The molecule has 2 rings (SSSR count). The molecular weight excluding hydrogens is 264 g/mol. The highest BCUT2D eigenvalue weighted by Crippen LogP contribution is 2.34. The molecule has 5 nitrogen and oxygen atoms in total. The zero-order valence-corrected chi connectivity index (χ0v) is 12.1. The van der Waals surface area contributed by atoms with Crippen molar-refractivity contribution in [3.05, 3.63) is 29.3 Å². The van der Waals surface area contributed by atoms with Gasteiger partial charge in [0.15, 0.2) is 0 Å². The Morgan fingerprint density at radius 2 is 2.16 bits per heavy atom. The van der Waals surface area contributed by atoms with E-state index in [1.54, 1.807) is 18.2 Å². The molecule has 0 aliphatic carbocycles. The number of nitrogens with one attached hydrogen (secondary N) is 1. The molecule has 104 valence electrons. The first-order valence-electron chi connectivity index (χ1n) is 6.25. The fraction of sp³-hybridized carbons (Fsp3) is 0.462. The van der Waals surface area contributed by atoms with Gasteiger partial charge >= 0.3 is 0 Å². The number of carbonyl (C=O) groups excluding carboxylic acids is 1. The molecule has 1 unspecified atom stereocenters. The molecule has 1 aliphatic heterocycles. The second kappa shape index (κ2) is 4.85. The Morgan fingerprint density at radius 1 is 1.47 bits per heavy atom. The first kappa shape index (κ1) is 13.9. The van der Waals surface area contributed by atoms with E-state index in [1.165, 1.54) is 10.6 Å². The highest BCUT2D eigenvalue weighted by molar-refractivity contribution is 7.92. The molecule has 0 bridgehead atoms. The zero-order valence-electron chi connectivity index (χ0n) is 11.3. The Kier molecular flexibility index (Phi) is 3.54. The summed E-state index contributed by atoms with van der Waals surface area (Å²) < 4.78 is 25.0. The lowest BCUT2D eigenvalue weighted by atomic mass is 10.1. The largest absolute Gasteiger partial charge is 0.352 e. The van der Waals surface area contributed by atoms with Crippen LogP contribution in [0.1, 0.15) is 29.8 Å². The van der Waals surface area contributed by atoms with Crippen molar-refractivity contribution in [2.24, 2.45) is 0 Å². The molecule has 1 heterocycles. The quantitative estimate of drug-likeness (QED) is 0.904. The summed E-state index contributed by atoms with van der Waals surface area (Å²) in [7, 11) is -3.28. The molecule has 1 aromatic rings. The Balaban J connectivity index is 2.40. The smallest absolute Gasteiger partial charge is 0.251 e. The van der Waals surface area contributed by atoms with Crippen molar-refractivity contribution < 1.29 is 13.2 Å². The summed E-state index contributed by atoms with van der Waals surface area (Å²) in [6.07, 6.45) is 1.84. The third-order valence-electron chi connectivity index (χ3n) is 3.19. The Labute approximate surface area is 113 Å². The van der Waals surface area contributed by atoms with E-state index in [0.717, 1.165) is 5.56 Å². The maximum atomic E-state index is 11.8. The molecule has 1 N–H and O–H groups in total. The lowest BCUT2D eigenvalue weighted by Crippen LogP contribution is -2.34. The summed E-state index contributed by atoms with van der Waals surface area (Å²) >= 11 is 0. The van der Waals surface area contributed by atoms with Crippen LogP contribution in [0, 0.1) is 0 Å². The van der Waals surface area contributed by atoms with Gasteiger partial charge in [0, 0.05) is 18.2 Å². The topological polar surface area (TPSA) is 66.5 Å². The van der Waals surface area contributed by atoms with E-state index in [9.17, 15) is 13.2 Å². The average molecular weight is 282 g/mol. The molecule has 0 spiro atoms. The SMILES string of the molecule is CCNC(=O)c1ccc2c(c1)CC(C)N2S(C)(=O)=O. The molecule has 0 aromatic heterocycles. The summed E-state index contributed by atoms with van der Waals surface area (Å²) in [6, 6.07) is 5.06. The van der Waals surface area contributed by atoms with Crippen molar-refractivity contribution in [2.75, 3.05) is 17.1 Å². The first-order chi connectivity index (χ1) is 8.84. The van der Waals surface area contributed by atoms with Gasteiger partial charge in [0.25, 0.3) is 5.91 Å². The Bertz CT molecular complexity index is 610. The number of sulfonamides is 1. The number of benzene rings is 1. The second-order valence-electron chi connectivity index (χ2n) is 4.81. The van der Waals surface area contributed by atoms with Crippen LogP contribution in [0.4, 0.5) is 5.69 Å². The molecule has 0 saturated heterocycles. The van der Waals surface area contributed by atoms with E-state index in [2.05, 4.69) is 5.32 Å². The van der Waals surface area contributed by atoms with Crippen LogP contribution in [0.2, 0.25) is 0 Å². The number of anilines is 1. The molecule has 19 heavy (non-hydrogen) atoms. The normalized spacial score (nSPS) is 18.3. The lowest BCUT2D eigenvalue weighted by molar-refractivity contribution is 0.0955. The predicted molar refractivity (Wildman–Crippen MR) is 74.9 cm³/mol. The molecule has 0 saturated carbocycles. The van der Waals surface area contributed by atoms with Crippen LogP contribution in [0.3, 0.4) is 0 Å². The third kappa shape index (κ3) is 2.58. The van der Waals surface area contributed by atoms with Crippen molar-refractivity contribution in [2.45, 2.75) is 26.3 Å². The summed E-state index contributed by atoms with van der Waals surface area (Å²) in [4.78, 5) is 11.8. The van der Waals surface area contributed by atoms with Crippen LogP contribution in [0.15, 0.2) is 18.2 Å². The van der Waals surface area contributed by atoms with E-state index >= 15 is 0 Å². The fourth-order valence-corrected chi connectivity index (χ4v) is 3.78. The van der Waals surface area contributed by atoms with Crippen LogP contribution in [-0.2, 0) is 16.4 Å². The van der Waals surface area contributed by atoms with Crippen molar-refractivity contribution >= 4 is 21.6 Å². The minimum Gasteiger partial charge on any atom is -0.352 e. The lowest BCUT2D eigenvalue weighted by Gasteiger charge is -2.21. The standard InChI is InChI=1S/C13H18N2O3S/c1-4-14-13(16)10-5-6-12-11(8-10)7-9(2)15(12)19(3,17)18/h5-6,8-9H,4,7H2,1-3H3,(H,14,16). The van der Waals surface area contributed by atoms with Crippen LogP contribution in [0.25, 0.3) is 0 Å². The minimum atomic E-state index is -3.28. The van der Waals surface area contributed by atoms with Gasteiger partial charge in [-0.05, 0) is 44.0 Å². The maximum absolute atomic E-state index is 11.8. The van der Waals surface area contributed by atoms with Crippen LogP contribution >= 0.6 is 0 Å². The summed E-state index contributed by atoms with van der Waals surface area (Å²) in [5, 5.41) is 2.73. The third-order valence-corrected chi connectivity index (χ3v) is 4.46. The predicted octanol–water partition coefficient (Wildman–Crippen LogP) is 1.15. The number of hydrogen-bond acceptors (Lipinski definition) is 3. The van der Waals surface area contributed by atoms with Gasteiger partial charge in [0.05, 0.1) is 11.9 Å². The van der Waals surface area contributed by atoms with Gasteiger partial charge in [-0.25, -0.2) is 8.42 Å². The van der Waals surface area contributed by atoms with Crippen LogP contribution in [-0.4, -0.2) is 33.2 Å². The highest BCUT2D eigenvalue weighted by Gasteiger charge is 2.32. The first-order valence-corrected chi connectivity index (χ1v) is 8.10. The summed E-state index contributed by atoms with van der Waals surface area (Å²) in [5.41, 5.74) is 2.16. The van der Waals surface area contributed by atoms with Gasteiger partial charge in [0.2, 0.25) is 10.0 Å². The number of fused-ring (bicyclic) bond motifs is 1. The van der Waals surface area contributed by atoms with Gasteiger partial charge < -0.3 is 5.32 Å². The monoisotopic (exact) mass is 282 g/mol. The Hall–Kier alpha value is -1.56. The van der Waals surface area contributed by atoms with E-state index in [0.29, 0.717) is 24.2 Å². The van der Waals surface area contributed by atoms with E-state index in [4.69, 9.17) is 0 Å². The van der Waals surface area contributed by atoms with Gasteiger partial charge in [-0.2, -0.15) is 0 Å². The summed E-state index contributed by atoms with van der Waals surface area (Å²) in [6.45, 7) is 4.30. The number of rotatable bonds is 3. The number of hydrogen-bond donors (Lipinski definition) is 1. The number of carbonyl (C=O) groups is 1. The van der Waals surface area contributed by atoms with Crippen molar-refractivity contribution in [1.82, 2.24) is 5.32 Å².